The number of benzene rings is 2. The highest BCUT2D eigenvalue weighted by Gasteiger charge is 2.17. The Bertz CT molecular complexity index is 765. The van der Waals surface area contributed by atoms with E-state index >= 15 is 0 Å². The zero-order chi connectivity index (χ0) is 16.9. The predicted molar refractivity (Wildman–Crippen MR) is 90.0 cm³/mol. The number of hydrogen-bond acceptors (Lipinski definition) is 4. The molecular formula is C17H15FN2O3S. The van der Waals surface area contributed by atoms with Gasteiger partial charge >= 0.3 is 0 Å². The van der Waals surface area contributed by atoms with Crippen molar-refractivity contribution in [2.75, 3.05) is 24.2 Å². The lowest BCUT2D eigenvalue weighted by Crippen LogP contribution is -2.28. The summed E-state index contributed by atoms with van der Waals surface area (Å²) in [4.78, 5) is 24.5. The zero-order valence-electron chi connectivity index (χ0n) is 12.7. The highest BCUT2D eigenvalue weighted by molar-refractivity contribution is 8.00. The Labute approximate surface area is 142 Å². The van der Waals surface area contributed by atoms with E-state index < -0.39 is 0 Å². The molecule has 0 fully saturated rings. The van der Waals surface area contributed by atoms with Crippen LogP contribution in [-0.2, 0) is 4.79 Å². The number of anilines is 1. The summed E-state index contributed by atoms with van der Waals surface area (Å²) in [5, 5.41) is 5.49. The van der Waals surface area contributed by atoms with Crippen LogP contribution in [0.3, 0.4) is 0 Å². The van der Waals surface area contributed by atoms with Crippen molar-refractivity contribution in [2.45, 2.75) is 4.90 Å². The molecule has 0 aromatic heterocycles. The summed E-state index contributed by atoms with van der Waals surface area (Å²) in [6.45, 7) is 0.587. The Morgan fingerprint density at radius 1 is 1.25 bits per heavy atom. The fraction of sp³-hybridized carbons (Fsp3) is 0.176. The van der Waals surface area contributed by atoms with E-state index in [0.717, 1.165) is 4.90 Å². The molecule has 0 radical (unpaired) electrons. The maximum atomic E-state index is 12.8. The Balaban J connectivity index is 1.51. The number of fused-ring (bicyclic) bond motifs is 1. The number of carbonyl (C=O) groups is 2. The van der Waals surface area contributed by atoms with Gasteiger partial charge in [0.1, 0.15) is 18.2 Å². The van der Waals surface area contributed by atoms with Gasteiger partial charge in [-0.1, -0.05) is 0 Å². The molecule has 1 aliphatic rings. The van der Waals surface area contributed by atoms with Crippen LogP contribution in [0.1, 0.15) is 10.4 Å². The minimum atomic E-state index is -0.326. The molecule has 0 unspecified atom stereocenters. The molecule has 0 spiro atoms. The number of amides is 2. The number of rotatable bonds is 5. The second kappa shape index (κ2) is 7.35. The summed E-state index contributed by atoms with van der Waals surface area (Å²) in [5.74, 6) is 0.287. The number of nitrogens with one attached hydrogen (secondary N) is 2. The van der Waals surface area contributed by atoms with E-state index in [-0.39, 0.29) is 24.2 Å². The van der Waals surface area contributed by atoms with Gasteiger partial charge in [-0.05, 0) is 42.5 Å². The third-order valence-corrected chi connectivity index (χ3v) is 4.42. The molecule has 7 heteroatoms. The van der Waals surface area contributed by atoms with Crippen LogP contribution in [0.4, 0.5) is 10.1 Å². The fourth-order valence-electron chi connectivity index (χ4n) is 2.19. The third-order valence-electron chi connectivity index (χ3n) is 3.34. The standard InChI is InChI=1S/C17H15FN2O3S/c18-12-2-4-13(5-3-12)23-8-7-19-17(22)11-1-6-15-14(9-11)20-16(21)10-24-15/h1-6,9H,7-8,10H2,(H,19,22)(H,20,21). The Morgan fingerprint density at radius 2 is 2.04 bits per heavy atom. The Kier molecular flexibility index (Phi) is 5.00. The SMILES string of the molecule is O=C1CSc2ccc(C(=O)NCCOc3ccc(F)cc3)cc2N1. The fourth-order valence-corrected chi connectivity index (χ4v) is 2.98. The maximum Gasteiger partial charge on any atom is 0.251 e. The lowest BCUT2D eigenvalue weighted by molar-refractivity contribution is -0.113. The largest absolute Gasteiger partial charge is 0.492 e. The topological polar surface area (TPSA) is 67.4 Å². The maximum absolute atomic E-state index is 12.8. The first-order chi connectivity index (χ1) is 11.6. The van der Waals surface area contributed by atoms with E-state index in [1.54, 1.807) is 12.1 Å². The van der Waals surface area contributed by atoms with E-state index in [1.807, 2.05) is 6.07 Å². The van der Waals surface area contributed by atoms with Crippen molar-refractivity contribution in [3.05, 3.63) is 53.8 Å². The Morgan fingerprint density at radius 3 is 2.83 bits per heavy atom. The van der Waals surface area contributed by atoms with Crippen LogP contribution in [-0.4, -0.2) is 30.7 Å². The first kappa shape index (κ1) is 16.3. The molecule has 2 aromatic carbocycles. The highest BCUT2D eigenvalue weighted by atomic mass is 32.2. The predicted octanol–water partition coefficient (Wildman–Crippen LogP) is 2.68. The van der Waals surface area contributed by atoms with E-state index in [2.05, 4.69) is 10.6 Å². The van der Waals surface area contributed by atoms with E-state index in [9.17, 15) is 14.0 Å². The minimum Gasteiger partial charge on any atom is -0.492 e. The second-order valence-corrected chi connectivity index (χ2v) is 6.12. The van der Waals surface area contributed by atoms with Gasteiger partial charge in [0, 0.05) is 10.5 Å². The average molecular weight is 346 g/mol. The van der Waals surface area contributed by atoms with Crippen molar-refractivity contribution < 1.29 is 18.7 Å². The van der Waals surface area contributed by atoms with Crippen LogP contribution in [0.5, 0.6) is 5.75 Å². The monoisotopic (exact) mass is 346 g/mol. The summed E-state index contributed by atoms with van der Waals surface area (Å²) < 4.78 is 18.2. The summed E-state index contributed by atoms with van der Waals surface area (Å²) in [7, 11) is 0. The van der Waals surface area contributed by atoms with Gasteiger partial charge in [0.05, 0.1) is 18.0 Å². The van der Waals surface area contributed by atoms with Crippen molar-refractivity contribution in [2.24, 2.45) is 0 Å². The van der Waals surface area contributed by atoms with Gasteiger partial charge in [0.25, 0.3) is 5.91 Å². The molecular weight excluding hydrogens is 331 g/mol. The van der Waals surface area contributed by atoms with Crippen LogP contribution >= 0.6 is 11.8 Å². The van der Waals surface area contributed by atoms with Crippen molar-refractivity contribution >= 4 is 29.3 Å². The molecule has 1 aliphatic heterocycles. The van der Waals surface area contributed by atoms with Crippen molar-refractivity contribution in [1.29, 1.82) is 0 Å². The molecule has 0 aliphatic carbocycles. The molecule has 2 N–H and O–H groups in total. The molecule has 124 valence electrons. The molecule has 5 nitrogen and oxygen atoms in total. The number of hydrogen-bond donors (Lipinski definition) is 2. The summed E-state index contributed by atoms with van der Waals surface area (Å²) >= 11 is 1.45. The van der Waals surface area contributed by atoms with E-state index in [0.29, 0.717) is 29.3 Å². The van der Waals surface area contributed by atoms with Crippen molar-refractivity contribution in [3.8, 4) is 5.75 Å². The van der Waals surface area contributed by atoms with Crippen LogP contribution in [0.15, 0.2) is 47.4 Å². The van der Waals surface area contributed by atoms with Gasteiger partial charge in [0.15, 0.2) is 0 Å². The van der Waals surface area contributed by atoms with Gasteiger partial charge in [-0.15, -0.1) is 11.8 Å². The molecule has 0 atom stereocenters. The molecule has 1 heterocycles. The second-order valence-electron chi connectivity index (χ2n) is 5.11. The van der Waals surface area contributed by atoms with Crippen LogP contribution in [0.2, 0.25) is 0 Å². The highest BCUT2D eigenvalue weighted by Crippen LogP contribution is 2.31. The van der Waals surface area contributed by atoms with Crippen molar-refractivity contribution in [3.63, 3.8) is 0 Å². The van der Waals surface area contributed by atoms with Gasteiger partial charge in [-0.3, -0.25) is 9.59 Å². The van der Waals surface area contributed by atoms with Gasteiger partial charge in [-0.25, -0.2) is 4.39 Å². The van der Waals surface area contributed by atoms with Gasteiger partial charge in [-0.2, -0.15) is 0 Å². The average Bonchev–Trinajstić information content (AvgIpc) is 2.59. The third kappa shape index (κ3) is 4.05. The molecule has 0 saturated carbocycles. The van der Waals surface area contributed by atoms with Crippen LogP contribution in [0, 0.1) is 5.82 Å². The van der Waals surface area contributed by atoms with E-state index in [1.165, 1.54) is 36.0 Å². The summed E-state index contributed by atoms with van der Waals surface area (Å²) in [6, 6.07) is 10.9. The summed E-state index contributed by atoms with van der Waals surface area (Å²) in [5.41, 5.74) is 1.13. The zero-order valence-corrected chi connectivity index (χ0v) is 13.5. The summed E-state index contributed by atoms with van der Waals surface area (Å²) in [6.07, 6.45) is 0. The number of ether oxygens (including phenoxy) is 1. The number of halogens is 1. The van der Waals surface area contributed by atoms with Crippen molar-refractivity contribution in [1.82, 2.24) is 5.32 Å². The number of thioether (sulfide) groups is 1. The number of carbonyl (C=O) groups excluding carboxylic acids is 2. The molecule has 3 rings (SSSR count). The van der Waals surface area contributed by atoms with Crippen LogP contribution in [0.25, 0.3) is 0 Å². The normalized spacial score (nSPS) is 13.0. The van der Waals surface area contributed by atoms with Crippen LogP contribution < -0.4 is 15.4 Å². The van der Waals surface area contributed by atoms with Gasteiger partial charge in [0.2, 0.25) is 5.91 Å². The quantitative estimate of drug-likeness (QED) is 0.817. The smallest absolute Gasteiger partial charge is 0.251 e. The minimum absolute atomic E-state index is 0.0715. The van der Waals surface area contributed by atoms with E-state index in [4.69, 9.17) is 4.74 Å². The molecule has 2 aromatic rings. The first-order valence-electron chi connectivity index (χ1n) is 7.35. The first-order valence-corrected chi connectivity index (χ1v) is 8.33. The Hall–Kier alpha value is -2.54. The molecule has 2 amide bonds. The lowest BCUT2D eigenvalue weighted by atomic mass is 10.2. The molecule has 0 bridgehead atoms. The molecule has 24 heavy (non-hydrogen) atoms. The molecule has 0 saturated heterocycles. The lowest BCUT2D eigenvalue weighted by Gasteiger charge is -2.17. The van der Waals surface area contributed by atoms with Gasteiger partial charge < -0.3 is 15.4 Å².